The molecule has 0 bridgehead atoms. The van der Waals surface area contributed by atoms with Gasteiger partial charge in [0.15, 0.2) is 0 Å². The lowest BCUT2D eigenvalue weighted by molar-refractivity contribution is -0.870. The van der Waals surface area contributed by atoms with E-state index >= 15 is 0 Å². The molecule has 0 fully saturated rings. The fourth-order valence-corrected chi connectivity index (χ4v) is 8.30. The van der Waals surface area contributed by atoms with Gasteiger partial charge in [0.25, 0.3) is 0 Å². The van der Waals surface area contributed by atoms with Gasteiger partial charge in [0.05, 0.1) is 33.8 Å². The summed E-state index contributed by atoms with van der Waals surface area (Å²) in [6.07, 6.45) is 69.4. The highest BCUT2D eigenvalue weighted by Crippen LogP contribution is 2.43. The van der Waals surface area contributed by atoms with Crippen LogP contribution in [0.25, 0.3) is 0 Å². The van der Waals surface area contributed by atoms with Crippen molar-refractivity contribution in [2.24, 2.45) is 0 Å². The van der Waals surface area contributed by atoms with Crippen molar-refractivity contribution in [3.05, 3.63) is 109 Å². The van der Waals surface area contributed by atoms with Crippen molar-refractivity contribution >= 4 is 19.7 Å². The number of carbonyl (C=O) groups is 2. The molecule has 0 aromatic rings. The molecule has 0 spiro atoms. The van der Waals surface area contributed by atoms with Crippen LogP contribution in [0.2, 0.25) is 0 Å². The summed E-state index contributed by atoms with van der Waals surface area (Å²) in [6.45, 7) is 6.72. The van der Waals surface area contributed by atoms with E-state index in [1.165, 1.54) is 57.8 Å². The molecule has 0 aromatic heterocycles. The SMILES string of the molecule is CC/C=C\C/C=C\C/C=C\C/C=C\C/C=C\CCCCCC(=O)OC(/C=C/CCCCCCCCCCCCC)C(COP(=O)(O)OCC[N+](C)(C)C)NC(=O)CCCCCC/C=C/C/C=C/C/C=C/CC. The number of hydrogen-bond acceptors (Lipinski definition) is 6. The Kier molecular flexibility index (Phi) is 48.8. The number of quaternary nitrogens is 1. The van der Waals surface area contributed by atoms with E-state index in [0.29, 0.717) is 30.3 Å². The number of nitrogens with zero attached hydrogens (tertiary/aromatic N) is 1. The number of phosphoric ester groups is 1. The van der Waals surface area contributed by atoms with Crippen molar-refractivity contribution in [2.45, 2.75) is 232 Å². The second-order valence-electron chi connectivity index (χ2n) is 20.0. The van der Waals surface area contributed by atoms with Crippen molar-refractivity contribution < 1.29 is 37.3 Å². The average molecular weight is 1020 g/mol. The zero-order valence-electron chi connectivity index (χ0n) is 46.9. The van der Waals surface area contributed by atoms with Crippen LogP contribution >= 0.6 is 7.82 Å². The van der Waals surface area contributed by atoms with Crippen LogP contribution in [0.5, 0.6) is 0 Å². The van der Waals surface area contributed by atoms with Crippen molar-refractivity contribution in [3.8, 4) is 0 Å². The largest absolute Gasteiger partial charge is 0.472 e. The van der Waals surface area contributed by atoms with Gasteiger partial charge in [-0.25, -0.2) is 4.57 Å². The molecule has 0 saturated carbocycles. The third kappa shape index (κ3) is 51.6. The number of hydrogen-bond donors (Lipinski definition) is 2. The normalized spacial score (nSPS) is 14.6. The fraction of sp³-hybridized carbons (Fsp3) is 0.677. The van der Waals surface area contributed by atoms with Gasteiger partial charge in [0, 0.05) is 12.8 Å². The van der Waals surface area contributed by atoms with Crippen LogP contribution in [0.4, 0.5) is 0 Å². The summed E-state index contributed by atoms with van der Waals surface area (Å²) in [7, 11) is 1.44. The monoisotopic (exact) mass is 1020 g/mol. The number of amides is 1. The Labute approximate surface area is 442 Å². The molecule has 1 amide bonds. The zero-order chi connectivity index (χ0) is 52.9. The van der Waals surface area contributed by atoms with Crippen molar-refractivity contribution in [1.82, 2.24) is 5.32 Å². The van der Waals surface area contributed by atoms with Gasteiger partial charge < -0.3 is 19.4 Å². The summed E-state index contributed by atoms with van der Waals surface area (Å²) in [5.74, 6) is -0.577. The molecule has 10 heteroatoms. The molecule has 72 heavy (non-hydrogen) atoms. The second-order valence-corrected chi connectivity index (χ2v) is 21.5. The Morgan fingerprint density at radius 3 is 1.35 bits per heavy atom. The van der Waals surface area contributed by atoms with Crippen molar-refractivity contribution in [1.29, 1.82) is 0 Å². The molecular weight excluding hydrogens is 916 g/mol. The summed E-state index contributed by atoms with van der Waals surface area (Å²) in [6, 6.07) is -0.880. The van der Waals surface area contributed by atoms with Gasteiger partial charge in [-0.2, -0.15) is 0 Å². The molecule has 3 atom stereocenters. The van der Waals surface area contributed by atoms with Crippen molar-refractivity contribution in [3.63, 3.8) is 0 Å². The van der Waals surface area contributed by atoms with Gasteiger partial charge in [0.1, 0.15) is 19.3 Å². The lowest BCUT2D eigenvalue weighted by Crippen LogP contribution is -2.47. The molecule has 0 radical (unpaired) electrons. The number of likely N-dealkylation sites (N-methyl/N-ethyl adjacent to an activating group) is 1. The van der Waals surface area contributed by atoms with Gasteiger partial charge in [-0.15, -0.1) is 0 Å². The van der Waals surface area contributed by atoms with Crippen LogP contribution in [0, 0.1) is 0 Å². The number of esters is 1. The Morgan fingerprint density at radius 2 is 0.889 bits per heavy atom. The molecule has 0 saturated heterocycles. The van der Waals surface area contributed by atoms with Crippen LogP contribution in [0.15, 0.2) is 109 Å². The minimum Gasteiger partial charge on any atom is -0.456 e. The summed E-state index contributed by atoms with van der Waals surface area (Å²) in [5.41, 5.74) is 0. The van der Waals surface area contributed by atoms with Gasteiger partial charge in [-0.05, 0) is 109 Å². The topological polar surface area (TPSA) is 111 Å². The predicted molar refractivity (Wildman–Crippen MR) is 309 cm³/mol. The highest BCUT2D eigenvalue weighted by molar-refractivity contribution is 7.47. The minimum atomic E-state index is -4.47. The zero-order valence-corrected chi connectivity index (χ0v) is 47.8. The van der Waals surface area contributed by atoms with E-state index in [1.807, 2.05) is 33.3 Å². The summed E-state index contributed by atoms with van der Waals surface area (Å²) >= 11 is 0. The Bertz CT molecular complexity index is 1600. The minimum absolute atomic E-state index is 0.0242. The second kappa shape index (κ2) is 51.2. The molecular formula is C62H108N2O7P+. The maximum absolute atomic E-state index is 13.5. The predicted octanol–water partition coefficient (Wildman–Crippen LogP) is 17.4. The summed E-state index contributed by atoms with van der Waals surface area (Å²) < 4.78 is 30.6. The maximum atomic E-state index is 13.5. The Balaban J connectivity index is 5.47. The van der Waals surface area contributed by atoms with Crippen LogP contribution < -0.4 is 5.32 Å². The van der Waals surface area contributed by atoms with E-state index in [0.717, 1.165) is 116 Å². The third-order valence-corrected chi connectivity index (χ3v) is 12.9. The molecule has 0 aliphatic rings. The highest BCUT2D eigenvalue weighted by Gasteiger charge is 2.30. The number of unbranched alkanes of at least 4 members (excludes halogenated alkanes) is 18. The lowest BCUT2D eigenvalue weighted by atomic mass is 10.0. The Hall–Kier alpha value is -3.33. The van der Waals surface area contributed by atoms with E-state index in [1.54, 1.807) is 0 Å². The first-order valence-corrected chi connectivity index (χ1v) is 30.2. The van der Waals surface area contributed by atoms with Gasteiger partial charge in [-0.1, -0.05) is 208 Å². The molecule has 0 aromatic carbocycles. The highest BCUT2D eigenvalue weighted by atomic mass is 31.2. The van der Waals surface area contributed by atoms with E-state index in [9.17, 15) is 19.0 Å². The smallest absolute Gasteiger partial charge is 0.456 e. The van der Waals surface area contributed by atoms with Crippen LogP contribution in [0.1, 0.15) is 220 Å². The van der Waals surface area contributed by atoms with E-state index in [4.69, 9.17) is 13.8 Å². The quantitative estimate of drug-likeness (QED) is 0.0205. The van der Waals surface area contributed by atoms with Gasteiger partial charge in [0.2, 0.25) is 5.91 Å². The first kappa shape index (κ1) is 68.7. The summed E-state index contributed by atoms with van der Waals surface area (Å²) in [4.78, 5) is 37.6. The number of carbonyl (C=O) groups excluding carboxylic acids is 2. The van der Waals surface area contributed by atoms with E-state index in [-0.39, 0.29) is 31.5 Å². The number of phosphoric acid groups is 1. The summed E-state index contributed by atoms with van der Waals surface area (Å²) in [5, 5.41) is 3.02. The van der Waals surface area contributed by atoms with Crippen LogP contribution in [0.3, 0.4) is 0 Å². The maximum Gasteiger partial charge on any atom is 0.472 e. The van der Waals surface area contributed by atoms with Crippen molar-refractivity contribution in [2.75, 3.05) is 40.9 Å². The van der Waals surface area contributed by atoms with Crippen LogP contribution in [-0.2, 0) is 27.9 Å². The standard InChI is InChI=1S/C62H107N2O7P/c1-7-10-13-16-19-22-25-28-30-31-32-33-34-37-40-43-46-49-52-55-62(66)71-60(53-50-47-44-41-38-35-27-24-21-18-15-12-9-3)59(58-70-72(67,68)69-57-56-64(4,5)6)63-61(65)54-51-48-45-42-39-36-29-26-23-20-17-14-11-8-2/h10-11,13-14,19-20,22-23,28-30,32-33,36-37,40,50,53,59-60H,7-9,12,15-18,21,24-27,31,34-35,38-39,41-49,51-52,54-58H2,1-6H3,(H-,63,65,67,68)/p+1/b13-10-,14-11+,22-19-,23-20+,30-28-,33-32-,36-29+,40-37-,53-50+. The number of rotatable bonds is 50. The van der Waals surface area contributed by atoms with Gasteiger partial charge >= 0.3 is 13.8 Å². The molecule has 0 rings (SSSR count). The first-order valence-electron chi connectivity index (χ1n) is 28.7. The third-order valence-electron chi connectivity index (χ3n) is 12.0. The van der Waals surface area contributed by atoms with Crippen LogP contribution in [-0.4, -0.2) is 74.3 Å². The number of allylic oxidation sites excluding steroid dienone is 17. The molecule has 412 valence electrons. The van der Waals surface area contributed by atoms with E-state index < -0.39 is 20.0 Å². The molecule has 2 N–H and O–H groups in total. The number of ether oxygens (including phenoxy) is 1. The molecule has 9 nitrogen and oxygen atoms in total. The molecule has 0 heterocycles. The Morgan fingerprint density at radius 1 is 0.500 bits per heavy atom. The first-order chi connectivity index (χ1) is 34.9. The average Bonchev–Trinajstić information content (AvgIpc) is 3.34. The number of nitrogens with one attached hydrogen (secondary N) is 1. The molecule has 3 unspecified atom stereocenters. The lowest BCUT2D eigenvalue weighted by Gasteiger charge is -2.27. The fourth-order valence-electron chi connectivity index (χ4n) is 7.57. The van der Waals surface area contributed by atoms with Gasteiger partial charge in [-0.3, -0.25) is 18.6 Å². The molecule has 0 aliphatic heterocycles. The van der Waals surface area contributed by atoms with E-state index in [2.05, 4.69) is 123 Å². The molecule has 0 aliphatic carbocycles.